The fourth-order valence-electron chi connectivity index (χ4n) is 1.74. The third-order valence-corrected chi connectivity index (χ3v) is 2.82. The van der Waals surface area contributed by atoms with Crippen molar-refractivity contribution in [3.63, 3.8) is 0 Å². The maximum Gasteiger partial charge on any atom is 0.331 e. The van der Waals surface area contributed by atoms with Crippen LogP contribution in [0.25, 0.3) is 0 Å². The molecule has 0 aliphatic carbocycles. The number of nitrogens with zero attached hydrogens (tertiary/aromatic N) is 1. The number of hydrogen-bond acceptors (Lipinski definition) is 3. The van der Waals surface area contributed by atoms with E-state index in [1.807, 2.05) is 0 Å². The fraction of sp³-hybridized carbons (Fsp3) is 0.750. The first-order valence-corrected chi connectivity index (χ1v) is 5.59. The highest BCUT2D eigenvalue weighted by Gasteiger charge is 2.27. The van der Waals surface area contributed by atoms with Gasteiger partial charge in [-0.05, 0) is 33.8 Å². The minimum Gasteiger partial charge on any atom is -0.478 e. The molecule has 1 fully saturated rings. The number of ether oxygens (including phenoxy) is 1. The van der Waals surface area contributed by atoms with Gasteiger partial charge in [0.1, 0.15) is 0 Å². The minimum atomic E-state index is -0.878. The molecule has 1 atom stereocenters. The molecule has 4 nitrogen and oxygen atoms in total. The van der Waals surface area contributed by atoms with Crippen molar-refractivity contribution in [1.82, 2.24) is 4.90 Å². The smallest absolute Gasteiger partial charge is 0.331 e. The monoisotopic (exact) mass is 227 g/mol. The number of carbonyl (C=O) groups is 1. The number of morpholine rings is 1. The average molecular weight is 227 g/mol. The van der Waals surface area contributed by atoms with Gasteiger partial charge in [0.25, 0.3) is 0 Å². The Kier molecular flexibility index (Phi) is 4.10. The second kappa shape index (κ2) is 4.97. The van der Waals surface area contributed by atoms with Crippen LogP contribution in [0.3, 0.4) is 0 Å². The van der Waals surface area contributed by atoms with E-state index in [1.165, 1.54) is 0 Å². The van der Waals surface area contributed by atoms with Gasteiger partial charge in [0.15, 0.2) is 0 Å². The molecular weight excluding hydrogens is 206 g/mol. The zero-order valence-electron chi connectivity index (χ0n) is 10.5. The molecule has 0 spiro atoms. The molecule has 1 rings (SSSR count). The van der Waals surface area contributed by atoms with E-state index in [9.17, 15) is 4.79 Å². The molecule has 16 heavy (non-hydrogen) atoms. The Morgan fingerprint density at radius 3 is 2.62 bits per heavy atom. The number of aliphatic carboxylic acids is 1. The van der Waals surface area contributed by atoms with Gasteiger partial charge in [0, 0.05) is 24.2 Å². The van der Waals surface area contributed by atoms with Crippen LogP contribution in [0.1, 0.15) is 27.7 Å². The predicted octanol–water partition coefficient (Wildman–Crippen LogP) is 1.52. The minimum absolute atomic E-state index is 0.104. The van der Waals surface area contributed by atoms with Crippen LogP contribution in [-0.2, 0) is 9.53 Å². The number of carboxylic acids is 1. The van der Waals surface area contributed by atoms with Gasteiger partial charge < -0.3 is 9.84 Å². The van der Waals surface area contributed by atoms with Gasteiger partial charge in [-0.25, -0.2) is 4.79 Å². The van der Waals surface area contributed by atoms with Gasteiger partial charge in [-0.3, -0.25) is 4.90 Å². The lowest BCUT2D eigenvalue weighted by atomic mass is 10.0. The quantitative estimate of drug-likeness (QED) is 0.727. The first-order chi connectivity index (χ1) is 7.30. The summed E-state index contributed by atoms with van der Waals surface area (Å²) in [6, 6.07) is 0. The first kappa shape index (κ1) is 13.2. The predicted molar refractivity (Wildman–Crippen MR) is 62.5 cm³/mol. The molecule has 0 saturated carbocycles. The molecule has 1 saturated heterocycles. The van der Waals surface area contributed by atoms with Crippen molar-refractivity contribution in [3.8, 4) is 0 Å². The van der Waals surface area contributed by atoms with Crippen molar-refractivity contribution in [3.05, 3.63) is 11.6 Å². The van der Waals surface area contributed by atoms with E-state index in [0.717, 1.165) is 13.1 Å². The highest BCUT2D eigenvalue weighted by molar-refractivity contribution is 5.85. The molecule has 92 valence electrons. The molecule has 1 heterocycles. The Labute approximate surface area is 96.9 Å². The summed E-state index contributed by atoms with van der Waals surface area (Å²) in [5.41, 5.74) is 0.452. The molecular formula is C12H21NO3. The fourth-order valence-corrected chi connectivity index (χ4v) is 1.74. The number of hydrogen-bond donors (Lipinski definition) is 1. The van der Waals surface area contributed by atoms with E-state index in [1.54, 1.807) is 13.0 Å². The standard InChI is InChI=1S/C12H21NO3/c1-9(11(14)15)7-10-8-13(5-6-16-10)12(2,3)4/h7,10H,5-6,8H2,1-4H3,(H,14,15)/b9-7+/t10-/m1/s1. The normalized spacial score (nSPS) is 24.5. The summed E-state index contributed by atoms with van der Waals surface area (Å²) >= 11 is 0. The average Bonchev–Trinajstić information content (AvgIpc) is 2.16. The Bertz CT molecular complexity index is 291. The molecule has 1 N–H and O–H groups in total. The summed E-state index contributed by atoms with van der Waals surface area (Å²) in [7, 11) is 0. The van der Waals surface area contributed by atoms with Crippen LogP contribution in [0.5, 0.6) is 0 Å². The van der Waals surface area contributed by atoms with Crippen LogP contribution in [0, 0.1) is 0 Å². The van der Waals surface area contributed by atoms with E-state index in [4.69, 9.17) is 9.84 Å². The lowest BCUT2D eigenvalue weighted by molar-refractivity contribution is -0.132. The summed E-state index contributed by atoms with van der Waals surface area (Å²) in [5.74, 6) is -0.878. The van der Waals surface area contributed by atoms with Crippen molar-refractivity contribution in [2.75, 3.05) is 19.7 Å². The van der Waals surface area contributed by atoms with Crippen molar-refractivity contribution in [2.24, 2.45) is 0 Å². The Morgan fingerprint density at radius 1 is 1.50 bits per heavy atom. The molecule has 0 bridgehead atoms. The molecule has 0 aromatic carbocycles. The number of rotatable bonds is 2. The topological polar surface area (TPSA) is 49.8 Å². The van der Waals surface area contributed by atoms with Crippen molar-refractivity contribution in [1.29, 1.82) is 0 Å². The van der Waals surface area contributed by atoms with Gasteiger partial charge >= 0.3 is 5.97 Å². The van der Waals surface area contributed by atoms with Gasteiger partial charge in [-0.2, -0.15) is 0 Å². The number of carboxylic acid groups (broad SMARTS) is 1. The van der Waals surface area contributed by atoms with E-state index < -0.39 is 5.97 Å². The maximum atomic E-state index is 10.7. The molecule has 0 radical (unpaired) electrons. The Hall–Kier alpha value is -0.870. The van der Waals surface area contributed by atoms with Gasteiger partial charge in [-0.1, -0.05) is 0 Å². The molecule has 0 amide bonds. The van der Waals surface area contributed by atoms with Crippen LogP contribution in [0.15, 0.2) is 11.6 Å². The summed E-state index contributed by atoms with van der Waals surface area (Å²) in [6.45, 7) is 10.4. The summed E-state index contributed by atoms with van der Waals surface area (Å²) in [4.78, 5) is 13.0. The second-order valence-electron chi connectivity index (χ2n) is 5.18. The summed E-state index contributed by atoms with van der Waals surface area (Å²) in [6.07, 6.45) is 1.59. The van der Waals surface area contributed by atoms with Crippen molar-refractivity contribution >= 4 is 5.97 Å². The van der Waals surface area contributed by atoms with Crippen molar-refractivity contribution in [2.45, 2.75) is 39.3 Å². The van der Waals surface area contributed by atoms with E-state index in [2.05, 4.69) is 25.7 Å². The Balaban J connectivity index is 2.65. The van der Waals surface area contributed by atoms with Crippen LogP contribution in [0.2, 0.25) is 0 Å². The Morgan fingerprint density at radius 2 is 2.12 bits per heavy atom. The summed E-state index contributed by atoms with van der Waals surface area (Å²) < 4.78 is 5.54. The zero-order valence-corrected chi connectivity index (χ0v) is 10.5. The van der Waals surface area contributed by atoms with E-state index >= 15 is 0 Å². The largest absolute Gasteiger partial charge is 0.478 e. The maximum absolute atomic E-state index is 10.7. The molecule has 0 unspecified atom stereocenters. The van der Waals surface area contributed by atoms with Crippen LogP contribution >= 0.6 is 0 Å². The lowest BCUT2D eigenvalue weighted by Crippen LogP contribution is -2.51. The van der Waals surface area contributed by atoms with E-state index in [0.29, 0.717) is 12.2 Å². The highest BCUT2D eigenvalue weighted by Crippen LogP contribution is 2.18. The second-order valence-corrected chi connectivity index (χ2v) is 5.18. The van der Waals surface area contributed by atoms with E-state index in [-0.39, 0.29) is 11.6 Å². The van der Waals surface area contributed by atoms with Crippen LogP contribution in [0.4, 0.5) is 0 Å². The summed E-state index contributed by atoms with van der Waals surface area (Å²) in [5, 5.41) is 8.80. The lowest BCUT2D eigenvalue weighted by Gasteiger charge is -2.40. The van der Waals surface area contributed by atoms with Gasteiger partial charge in [0.2, 0.25) is 0 Å². The van der Waals surface area contributed by atoms with Crippen molar-refractivity contribution < 1.29 is 14.6 Å². The molecule has 0 aromatic rings. The van der Waals surface area contributed by atoms with Crippen LogP contribution in [-0.4, -0.2) is 47.3 Å². The first-order valence-electron chi connectivity index (χ1n) is 5.59. The van der Waals surface area contributed by atoms with Gasteiger partial charge in [0.05, 0.1) is 12.7 Å². The third-order valence-electron chi connectivity index (χ3n) is 2.82. The van der Waals surface area contributed by atoms with Gasteiger partial charge in [-0.15, -0.1) is 0 Å². The molecule has 4 heteroatoms. The molecule has 1 aliphatic rings. The third kappa shape index (κ3) is 3.61. The molecule has 0 aromatic heterocycles. The molecule has 1 aliphatic heterocycles. The van der Waals surface area contributed by atoms with Crippen LogP contribution < -0.4 is 0 Å². The SMILES string of the molecule is C/C(=C\[C@@H]1CN(C(C)(C)C)CCO1)C(=O)O. The zero-order chi connectivity index (χ0) is 12.3. The highest BCUT2D eigenvalue weighted by atomic mass is 16.5.